The second-order valence-corrected chi connectivity index (χ2v) is 3.18. The molecule has 0 spiro atoms. The van der Waals surface area contributed by atoms with Crippen LogP contribution in [0, 0.1) is 0 Å². The van der Waals surface area contributed by atoms with Crippen molar-refractivity contribution in [3.05, 3.63) is 35.9 Å². The Morgan fingerprint density at radius 3 is 2.50 bits per heavy atom. The van der Waals surface area contributed by atoms with Gasteiger partial charge in [-0.05, 0) is 0 Å². The first kappa shape index (κ1) is 9.46. The van der Waals surface area contributed by atoms with Crippen molar-refractivity contribution in [2.75, 3.05) is 0 Å². The van der Waals surface area contributed by atoms with Gasteiger partial charge in [-0.25, -0.2) is 0 Å². The fourth-order valence-corrected chi connectivity index (χ4v) is 1.07. The Kier molecular flexibility index (Phi) is 3.47. The molecule has 0 saturated carbocycles. The first-order valence-electron chi connectivity index (χ1n) is 3.69. The van der Waals surface area contributed by atoms with Crippen molar-refractivity contribution in [2.24, 2.45) is 5.73 Å². The monoisotopic (exact) mass is 203 g/mol. The van der Waals surface area contributed by atoms with Crippen molar-refractivity contribution in [1.82, 2.24) is 0 Å². The molecule has 1 atom stereocenters. The van der Waals surface area contributed by atoms with Gasteiger partial charge in [0.15, 0.2) is 0 Å². The second-order valence-electron chi connectivity index (χ2n) is 2.60. The summed E-state index contributed by atoms with van der Waals surface area (Å²) in [4.78, 5) is 10.7. The molecule has 0 aliphatic rings. The van der Waals surface area contributed by atoms with Crippen LogP contribution in [0.5, 0.6) is 0 Å². The molecule has 1 aromatic carbocycles. The zero-order chi connectivity index (χ0) is 8.97. The molecule has 0 aromatic heterocycles. The molecule has 2 N–H and O–H groups in total. The van der Waals surface area contributed by atoms with Crippen LogP contribution in [0.2, 0.25) is 0 Å². The second kappa shape index (κ2) is 4.41. The molecule has 1 rings (SSSR count). The van der Waals surface area contributed by atoms with E-state index in [9.17, 15) is 4.79 Å². The Morgan fingerprint density at radius 2 is 2.00 bits per heavy atom. The molecule has 0 heterocycles. The Labute approximate surface area is 80.0 Å². The first-order valence-corrected chi connectivity index (χ1v) is 4.28. The van der Waals surface area contributed by atoms with Crippen LogP contribution in [-0.2, 0) is 27.2 Å². The van der Waals surface area contributed by atoms with Crippen LogP contribution < -0.4 is 5.73 Å². The zero-order valence-corrected chi connectivity index (χ0v) is 7.72. The summed E-state index contributed by atoms with van der Waals surface area (Å²) in [5.74, 6) is 0. The van der Waals surface area contributed by atoms with Gasteiger partial charge in [0.1, 0.15) is 0 Å². The molecule has 0 aliphatic heterocycles. The summed E-state index contributed by atoms with van der Waals surface area (Å²) in [5.41, 5.74) is 6.63. The standard InChI is InChI=1S/C9H10NO.Mn/c10-9(7-11)6-8-4-2-1-3-5-8;/h1-5,9H,6,10H2;/t9-;/m0./s1. The van der Waals surface area contributed by atoms with Gasteiger partial charge in [0.05, 0.1) is 0 Å². The Bertz CT molecular complexity index is 260. The van der Waals surface area contributed by atoms with Crippen LogP contribution in [0.15, 0.2) is 30.3 Å². The van der Waals surface area contributed by atoms with Crippen LogP contribution >= 0.6 is 0 Å². The summed E-state index contributed by atoms with van der Waals surface area (Å²) < 4.78 is -0.147. The summed E-state index contributed by atoms with van der Waals surface area (Å²) in [6.45, 7) is 0. The Balaban J connectivity index is 2.58. The molecular weight excluding hydrogens is 193 g/mol. The quantitative estimate of drug-likeness (QED) is 0.732. The minimum absolute atomic E-state index is 0.147. The molecule has 0 amide bonds. The summed E-state index contributed by atoms with van der Waals surface area (Å²) in [7, 11) is 0. The molecule has 0 unspecified atom stereocenters. The fraction of sp³-hybridized carbons (Fsp3) is 0.222. The van der Waals surface area contributed by atoms with Crippen LogP contribution in [-0.4, -0.2) is 10.7 Å². The summed E-state index contributed by atoms with van der Waals surface area (Å²) in [5, 5.41) is 0. The van der Waals surface area contributed by atoms with Gasteiger partial charge in [0.2, 0.25) is 0 Å². The van der Waals surface area contributed by atoms with Crippen molar-refractivity contribution in [2.45, 2.75) is 12.5 Å². The van der Waals surface area contributed by atoms with Crippen molar-refractivity contribution < 1.29 is 20.8 Å². The third kappa shape index (κ3) is 2.78. The number of carbonyl (C=O) groups excluding carboxylic acids is 1. The van der Waals surface area contributed by atoms with E-state index in [1.807, 2.05) is 30.3 Å². The topological polar surface area (TPSA) is 43.1 Å². The van der Waals surface area contributed by atoms with E-state index < -0.39 is 6.04 Å². The van der Waals surface area contributed by atoms with Crippen molar-refractivity contribution in [3.63, 3.8) is 0 Å². The third-order valence-corrected chi connectivity index (χ3v) is 2.03. The zero-order valence-electron chi connectivity index (χ0n) is 6.53. The number of hydrogen-bond acceptors (Lipinski definition) is 2. The fourth-order valence-electron chi connectivity index (χ4n) is 0.948. The molecule has 0 radical (unpaired) electrons. The molecule has 1 aromatic rings. The molecular formula is C9H10MnNO. The maximum atomic E-state index is 10.7. The van der Waals surface area contributed by atoms with E-state index in [0.29, 0.717) is 6.42 Å². The number of carbonyl (C=O) groups is 1. The molecule has 2 nitrogen and oxygen atoms in total. The van der Waals surface area contributed by atoms with Crippen LogP contribution in [0.25, 0.3) is 0 Å². The van der Waals surface area contributed by atoms with Gasteiger partial charge in [0.25, 0.3) is 0 Å². The molecule has 0 saturated heterocycles. The van der Waals surface area contributed by atoms with Gasteiger partial charge in [-0.1, -0.05) is 0 Å². The third-order valence-electron chi connectivity index (χ3n) is 1.59. The van der Waals surface area contributed by atoms with Crippen molar-refractivity contribution in [1.29, 1.82) is 0 Å². The Hall–Kier alpha value is -0.631. The van der Waals surface area contributed by atoms with Gasteiger partial charge in [0, 0.05) is 0 Å². The minimum atomic E-state index is -0.438. The molecule has 0 bridgehead atoms. The predicted octanol–water partition coefficient (Wildman–Crippen LogP) is 0.630. The van der Waals surface area contributed by atoms with Crippen molar-refractivity contribution in [3.8, 4) is 0 Å². The normalized spacial score (nSPS) is 12.5. The number of benzene rings is 1. The van der Waals surface area contributed by atoms with E-state index in [2.05, 4.69) is 16.0 Å². The van der Waals surface area contributed by atoms with E-state index >= 15 is 0 Å². The van der Waals surface area contributed by atoms with Gasteiger partial charge in [-0.15, -0.1) is 0 Å². The number of nitrogens with two attached hydrogens (primary N) is 1. The average molecular weight is 203 g/mol. The van der Waals surface area contributed by atoms with E-state index in [0.717, 1.165) is 5.56 Å². The molecule has 3 heteroatoms. The molecule has 12 heavy (non-hydrogen) atoms. The SMILES string of the molecule is N[C@@H](Cc1ccccc1)[C](=O)[Mn]. The van der Waals surface area contributed by atoms with Gasteiger partial charge in [-0.3, -0.25) is 0 Å². The van der Waals surface area contributed by atoms with Crippen molar-refractivity contribution >= 4 is 4.68 Å². The molecule has 64 valence electrons. The predicted molar refractivity (Wildman–Crippen MR) is 43.1 cm³/mol. The first-order chi connectivity index (χ1) is 5.70. The summed E-state index contributed by atoms with van der Waals surface area (Å²) >= 11 is 2.83. The van der Waals surface area contributed by atoms with E-state index in [4.69, 9.17) is 5.73 Å². The Morgan fingerprint density at radius 1 is 1.42 bits per heavy atom. The van der Waals surface area contributed by atoms with Gasteiger partial charge >= 0.3 is 79.6 Å². The summed E-state index contributed by atoms with van der Waals surface area (Å²) in [6.07, 6.45) is 0.588. The van der Waals surface area contributed by atoms with Crippen LogP contribution in [0.3, 0.4) is 0 Å². The van der Waals surface area contributed by atoms with E-state index in [-0.39, 0.29) is 4.68 Å². The van der Waals surface area contributed by atoms with Crippen LogP contribution in [0.4, 0.5) is 0 Å². The van der Waals surface area contributed by atoms with Crippen LogP contribution in [0.1, 0.15) is 5.56 Å². The van der Waals surface area contributed by atoms with E-state index in [1.54, 1.807) is 0 Å². The summed E-state index contributed by atoms with van der Waals surface area (Å²) in [6, 6.07) is 9.27. The van der Waals surface area contributed by atoms with Gasteiger partial charge in [-0.2, -0.15) is 0 Å². The molecule has 0 fully saturated rings. The average Bonchev–Trinajstić information content (AvgIpc) is 2.06. The molecule has 0 aliphatic carbocycles. The maximum absolute atomic E-state index is 10.7. The number of hydrogen-bond donors (Lipinski definition) is 1. The number of rotatable bonds is 3. The van der Waals surface area contributed by atoms with Gasteiger partial charge < -0.3 is 0 Å². The van der Waals surface area contributed by atoms with E-state index in [1.165, 1.54) is 0 Å².